The third-order valence-electron chi connectivity index (χ3n) is 4.39. The van der Waals surface area contributed by atoms with E-state index in [2.05, 4.69) is 32.2 Å². The highest BCUT2D eigenvalue weighted by atomic mass is 16.5. The van der Waals surface area contributed by atoms with Gasteiger partial charge in [0.25, 0.3) is 5.91 Å². The Morgan fingerprint density at radius 3 is 3.00 bits per heavy atom. The van der Waals surface area contributed by atoms with Crippen molar-refractivity contribution in [3.63, 3.8) is 0 Å². The molecule has 2 atom stereocenters. The van der Waals surface area contributed by atoms with Crippen LogP contribution in [-0.4, -0.2) is 62.9 Å². The number of carbonyl (C=O) groups excluding carboxylic acids is 1. The van der Waals surface area contributed by atoms with Crippen LogP contribution in [0.5, 0.6) is 0 Å². The standard InChI is InChI=1S/C17H24N6O2/c1-4-23-7-8-25-14(15(23)13-9-20-22(3)11-13)10-19-17(24)16-18-6-5-12(2)21-16/h5-6,9,11,14-15H,4,7-8,10H2,1-3H3,(H,19,24)/t14-,15-/m0/s1. The Morgan fingerprint density at radius 2 is 2.32 bits per heavy atom. The summed E-state index contributed by atoms with van der Waals surface area (Å²) in [6.07, 6.45) is 5.30. The van der Waals surface area contributed by atoms with Crippen LogP contribution >= 0.6 is 0 Å². The maximum Gasteiger partial charge on any atom is 0.289 e. The van der Waals surface area contributed by atoms with E-state index in [1.807, 2.05) is 26.4 Å². The third kappa shape index (κ3) is 4.02. The van der Waals surface area contributed by atoms with Gasteiger partial charge in [0.15, 0.2) is 0 Å². The normalized spacial score (nSPS) is 21.2. The van der Waals surface area contributed by atoms with Crippen LogP contribution in [0, 0.1) is 6.92 Å². The van der Waals surface area contributed by atoms with Crippen molar-refractivity contribution < 1.29 is 9.53 Å². The second-order valence-electron chi connectivity index (χ2n) is 6.16. The number of nitrogens with one attached hydrogen (secondary N) is 1. The van der Waals surface area contributed by atoms with E-state index in [1.165, 1.54) is 0 Å². The zero-order chi connectivity index (χ0) is 17.8. The van der Waals surface area contributed by atoms with E-state index in [1.54, 1.807) is 16.9 Å². The summed E-state index contributed by atoms with van der Waals surface area (Å²) in [6.45, 7) is 6.78. The van der Waals surface area contributed by atoms with Crippen LogP contribution < -0.4 is 5.32 Å². The first-order chi connectivity index (χ1) is 12.1. The van der Waals surface area contributed by atoms with Gasteiger partial charge < -0.3 is 10.1 Å². The molecule has 25 heavy (non-hydrogen) atoms. The second kappa shape index (κ2) is 7.71. The highest BCUT2D eigenvalue weighted by molar-refractivity contribution is 5.90. The van der Waals surface area contributed by atoms with E-state index in [0.717, 1.165) is 24.3 Å². The van der Waals surface area contributed by atoms with E-state index in [4.69, 9.17) is 4.74 Å². The van der Waals surface area contributed by atoms with Crippen LogP contribution in [-0.2, 0) is 11.8 Å². The highest BCUT2D eigenvalue weighted by Crippen LogP contribution is 2.28. The van der Waals surface area contributed by atoms with Gasteiger partial charge in [-0.25, -0.2) is 9.97 Å². The summed E-state index contributed by atoms with van der Waals surface area (Å²) in [5.74, 6) is -0.105. The summed E-state index contributed by atoms with van der Waals surface area (Å²) in [6, 6.07) is 1.82. The predicted molar refractivity (Wildman–Crippen MR) is 92.0 cm³/mol. The van der Waals surface area contributed by atoms with E-state index in [0.29, 0.717) is 13.2 Å². The zero-order valence-electron chi connectivity index (χ0n) is 14.8. The number of hydrogen-bond acceptors (Lipinski definition) is 6. The van der Waals surface area contributed by atoms with E-state index >= 15 is 0 Å². The van der Waals surface area contributed by atoms with E-state index in [9.17, 15) is 4.79 Å². The summed E-state index contributed by atoms with van der Waals surface area (Å²) in [4.78, 5) is 22.9. The molecule has 0 spiro atoms. The SMILES string of the molecule is CCN1CCO[C@@H](CNC(=O)c2nccc(C)n2)[C@@H]1c1cnn(C)c1. The number of nitrogens with zero attached hydrogens (tertiary/aromatic N) is 5. The molecule has 1 amide bonds. The fourth-order valence-corrected chi connectivity index (χ4v) is 3.16. The molecule has 134 valence electrons. The molecular formula is C17H24N6O2. The molecule has 1 N–H and O–H groups in total. The number of carbonyl (C=O) groups is 1. The molecule has 0 bridgehead atoms. The molecule has 0 unspecified atom stereocenters. The number of aryl methyl sites for hydroxylation is 2. The number of rotatable bonds is 5. The molecule has 8 nitrogen and oxygen atoms in total. The average molecular weight is 344 g/mol. The highest BCUT2D eigenvalue weighted by Gasteiger charge is 2.34. The van der Waals surface area contributed by atoms with Gasteiger partial charge in [0, 0.05) is 43.8 Å². The van der Waals surface area contributed by atoms with Gasteiger partial charge in [0.2, 0.25) is 5.82 Å². The fraction of sp³-hybridized carbons (Fsp3) is 0.529. The lowest BCUT2D eigenvalue weighted by molar-refractivity contribution is -0.0685. The zero-order valence-corrected chi connectivity index (χ0v) is 14.8. The van der Waals surface area contributed by atoms with Crippen molar-refractivity contribution in [1.82, 2.24) is 30.0 Å². The van der Waals surface area contributed by atoms with Crippen molar-refractivity contribution in [1.29, 1.82) is 0 Å². The largest absolute Gasteiger partial charge is 0.373 e. The van der Waals surface area contributed by atoms with Gasteiger partial charge in [0.05, 0.1) is 24.9 Å². The van der Waals surface area contributed by atoms with Crippen molar-refractivity contribution >= 4 is 5.91 Å². The van der Waals surface area contributed by atoms with Crippen molar-refractivity contribution in [2.75, 3.05) is 26.2 Å². The Labute approximate surface area is 147 Å². The number of ether oxygens (including phenoxy) is 1. The lowest BCUT2D eigenvalue weighted by Gasteiger charge is -2.40. The molecule has 2 aromatic rings. The minimum Gasteiger partial charge on any atom is -0.373 e. The van der Waals surface area contributed by atoms with Crippen LogP contribution in [0.2, 0.25) is 0 Å². The summed E-state index contributed by atoms with van der Waals surface area (Å²) in [5, 5.41) is 7.18. The number of aromatic nitrogens is 4. The molecule has 1 fully saturated rings. The van der Waals surface area contributed by atoms with Gasteiger partial charge in [-0.1, -0.05) is 6.92 Å². The van der Waals surface area contributed by atoms with Crippen molar-refractivity contribution in [2.45, 2.75) is 26.0 Å². The van der Waals surface area contributed by atoms with E-state index in [-0.39, 0.29) is 23.9 Å². The van der Waals surface area contributed by atoms with Gasteiger partial charge in [-0.15, -0.1) is 0 Å². The third-order valence-corrected chi connectivity index (χ3v) is 4.39. The molecule has 8 heteroatoms. The van der Waals surface area contributed by atoms with Gasteiger partial charge in [-0.3, -0.25) is 14.4 Å². The summed E-state index contributed by atoms with van der Waals surface area (Å²) < 4.78 is 7.75. The first-order valence-corrected chi connectivity index (χ1v) is 8.50. The Balaban J connectivity index is 1.71. The number of hydrogen-bond donors (Lipinski definition) is 1. The maximum atomic E-state index is 12.3. The van der Waals surface area contributed by atoms with E-state index < -0.39 is 0 Å². The van der Waals surface area contributed by atoms with Crippen LogP contribution in [0.4, 0.5) is 0 Å². The quantitative estimate of drug-likeness (QED) is 0.860. The number of likely N-dealkylation sites (N-methyl/N-ethyl adjacent to an activating group) is 1. The molecular weight excluding hydrogens is 320 g/mol. The summed E-state index contributed by atoms with van der Waals surface area (Å²) >= 11 is 0. The molecule has 1 saturated heterocycles. The first kappa shape index (κ1) is 17.5. The number of amides is 1. The lowest BCUT2D eigenvalue weighted by Crippen LogP contribution is -2.49. The molecule has 3 heterocycles. The molecule has 0 saturated carbocycles. The van der Waals surface area contributed by atoms with Gasteiger partial charge in [-0.05, 0) is 19.5 Å². The predicted octanol–water partition coefficient (Wildman–Crippen LogP) is 0.710. The summed E-state index contributed by atoms with van der Waals surface area (Å²) in [7, 11) is 1.90. The number of morpholine rings is 1. The minimum absolute atomic E-state index is 0.0613. The van der Waals surface area contributed by atoms with Crippen LogP contribution in [0.15, 0.2) is 24.7 Å². The van der Waals surface area contributed by atoms with Crippen molar-refractivity contribution in [3.05, 3.63) is 41.7 Å². The molecule has 0 radical (unpaired) electrons. The minimum atomic E-state index is -0.286. The molecule has 3 rings (SSSR count). The molecule has 2 aromatic heterocycles. The fourth-order valence-electron chi connectivity index (χ4n) is 3.16. The molecule has 0 aliphatic carbocycles. The molecule has 1 aliphatic rings. The summed E-state index contributed by atoms with van der Waals surface area (Å²) in [5.41, 5.74) is 1.86. The van der Waals surface area contributed by atoms with Gasteiger partial charge in [-0.2, -0.15) is 5.10 Å². The van der Waals surface area contributed by atoms with Crippen LogP contribution in [0.25, 0.3) is 0 Å². The Morgan fingerprint density at radius 1 is 1.48 bits per heavy atom. The second-order valence-corrected chi connectivity index (χ2v) is 6.16. The monoisotopic (exact) mass is 344 g/mol. The maximum absolute atomic E-state index is 12.3. The average Bonchev–Trinajstić information content (AvgIpc) is 3.05. The van der Waals surface area contributed by atoms with Gasteiger partial charge >= 0.3 is 0 Å². The topological polar surface area (TPSA) is 85.2 Å². The Kier molecular flexibility index (Phi) is 5.40. The van der Waals surface area contributed by atoms with Crippen molar-refractivity contribution in [2.24, 2.45) is 7.05 Å². The Hall–Kier alpha value is -2.32. The van der Waals surface area contributed by atoms with Crippen molar-refractivity contribution in [3.8, 4) is 0 Å². The molecule has 0 aromatic carbocycles. The molecule has 1 aliphatic heterocycles. The first-order valence-electron chi connectivity index (χ1n) is 8.50. The lowest BCUT2D eigenvalue weighted by atomic mass is 10.0. The Bertz CT molecular complexity index is 731. The van der Waals surface area contributed by atoms with Gasteiger partial charge in [0.1, 0.15) is 0 Å². The van der Waals surface area contributed by atoms with Crippen LogP contribution in [0.1, 0.15) is 34.8 Å². The smallest absolute Gasteiger partial charge is 0.289 e. The van der Waals surface area contributed by atoms with Crippen LogP contribution in [0.3, 0.4) is 0 Å².